The van der Waals surface area contributed by atoms with Crippen LogP contribution in [-0.4, -0.2) is 29.2 Å². The van der Waals surface area contributed by atoms with Crippen molar-refractivity contribution in [2.24, 2.45) is 0 Å². The van der Waals surface area contributed by atoms with Crippen LogP contribution in [0.15, 0.2) is 66.9 Å². The molecule has 2 aromatic carbocycles. The molecule has 0 bridgehead atoms. The molecule has 0 spiro atoms. The third kappa shape index (κ3) is 7.51. The van der Waals surface area contributed by atoms with Gasteiger partial charge < -0.3 is 10.1 Å². The molecule has 5 nitrogen and oxygen atoms in total. The van der Waals surface area contributed by atoms with E-state index in [1.807, 2.05) is 61.7 Å². The van der Waals surface area contributed by atoms with Gasteiger partial charge in [-0.3, -0.25) is 4.79 Å². The van der Waals surface area contributed by atoms with Crippen molar-refractivity contribution in [1.29, 1.82) is 0 Å². The number of terminal acetylenes is 1. The van der Waals surface area contributed by atoms with Gasteiger partial charge >= 0.3 is 0 Å². The zero-order valence-corrected chi connectivity index (χ0v) is 20.1. The van der Waals surface area contributed by atoms with E-state index in [0.717, 1.165) is 34.8 Å². The quantitative estimate of drug-likeness (QED) is 0.393. The zero-order valence-electron chi connectivity index (χ0n) is 19.2. The Balaban J connectivity index is 0.00000187. The molecule has 1 amide bonds. The summed E-state index contributed by atoms with van der Waals surface area (Å²) in [6.07, 6.45) is 15.7. The maximum Gasteiger partial charge on any atom is 0.225 e. The molecule has 3 rings (SSSR count). The van der Waals surface area contributed by atoms with Crippen LogP contribution in [0.2, 0.25) is 0 Å². The number of thioether (sulfide) groups is 1. The number of carbonyl (C=O) groups is 1. The summed E-state index contributed by atoms with van der Waals surface area (Å²) in [5.74, 6) is 1.22. The summed E-state index contributed by atoms with van der Waals surface area (Å²) in [6, 6.07) is 17.9. The Bertz CT molecular complexity index is 1080. The van der Waals surface area contributed by atoms with Crippen LogP contribution >= 0.6 is 11.8 Å². The Morgan fingerprint density at radius 2 is 1.82 bits per heavy atom. The number of allylic oxidation sites excluding steroid dienone is 1. The van der Waals surface area contributed by atoms with Gasteiger partial charge in [-0.05, 0) is 55.9 Å². The Morgan fingerprint density at radius 3 is 2.42 bits per heavy atom. The third-order valence-electron chi connectivity index (χ3n) is 4.84. The zero-order chi connectivity index (χ0) is 24.1. The topological polar surface area (TPSA) is 64.1 Å². The van der Waals surface area contributed by atoms with Gasteiger partial charge in [0.2, 0.25) is 5.91 Å². The summed E-state index contributed by atoms with van der Waals surface area (Å²) in [6.45, 7) is 1.96. The van der Waals surface area contributed by atoms with Gasteiger partial charge in [0.15, 0.2) is 5.82 Å². The number of carbonyl (C=O) groups excluding carboxylic acids is 1. The Kier molecular flexibility index (Phi) is 10.7. The number of aromatic nitrogens is 2. The number of hydrogen-bond acceptors (Lipinski definition) is 5. The van der Waals surface area contributed by atoms with Crippen molar-refractivity contribution < 1.29 is 9.53 Å². The lowest BCUT2D eigenvalue weighted by molar-refractivity contribution is -0.116. The van der Waals surface area contributed by atoms with Crippen LogP contribution in [0.1, 0.15) is 31.0 Å². The largest absolute Gasteiger partial charge is 0.497 e. The highest BCUT2D eigenvalue weighted by Gasteiger charge is 2.15. The number of nitrogens with one attached hydrogen (secondary N) is 1. The van der Waals surface area contributed by atoms with Gasteiger partial charge in [0, 0.05) is 16.9 Å². The molecule has 1 aromatic heterocycles. The molecule has 0 atom stereocenters. The van der Waals surface area contributed by atoms with Gasteiger partial charge in [-0.1, -0.05) is 36.4 Å². The lowest BCUT2D eigenvalue weighted by Gasteiger charge is -2.13. The van der Waals surface area contributed by atoms with Crippen LogP contribution in [0, 0.1) is 12.8 Å². The minimum Gasteiger partial charge on any atom is -0.497 e. The van der Waals surface area contributed by atoms with Crippen molar-refractivity contribution in [3.8, 4) is 29.9 Å². The fourth-order valence-electron chi connectivity index (χ4n) is 3.20. The molecule has 0 aliphatic heterocycles. The molecule has 0 fully saturated rings. The van der Waals surface area contributed by atoms with E-state index in [2.05, 4.69) is 35.3 Å². The molecule has 0 unspecified atom stereocenters. The van der Waals surface area contributed by atoms with E-state index in [1.165, 1.54) is 5.56 Å². The van der Waals surface area contributed by atoms with Crippen LogP contribution < -0.4 is 10.1 Å². The van der Waals surface area contributed by atoms with Crippen LogP contribution in [0.5, 0.6) is 5.75 Å². The highest BCUT2D eigenvalue weighted by molar-refractivity contribution is 8.07. The van der Waals surface area contributed by atoms with Crippen molar-refractivity contribution in [3.05, 3.63) is 78.1 Å². The first-order chi connectivity index (χ1) is 16.1. The molecule has 0 radical (unpaired) electrons. The molecule has 0 saturated carbocycles. The predicted octanol–water partition coefficient (Wildman–Crippen LogP) is 6.09. The second kappa shape index (κ2) is 13.8. The molecule has 1 N–H and O–H groups in total. The molecule has 1 heterocycles. The number of rotatable bonds is 9. The number of ether oxygens (including phenoxy) is 1. The van der Waals surface area contributed by atoms with Gasteiger partial charge in [0.05, 0.1) is 19.0 Å². The molecular formula is C27H29N3O2S. The van der Waals surface area contributed by atoms with Gasteiger partial charge in [0.1, 0.15) is 11.4 Å². The smallest absolute Gasteiger partial charge is 0.225 e. The van der Waals surface area contributed by atoms with E-state index < -0.39 is 0 Å². The monoisotopic (exact) mass is 459 g/mol. The molecule has 3 aromatic rings. The average Bonchev–Trinajstić information content (AvgIpc) is 2.87. The number of aryl methyl sites for hydroxylation is 1. The van der Waals surface area contributed by atoms with Gasteiger partial charge in [-0.25, -0.2) is 9.97 Å². The standard InChI is InChI=1S/C25H27N3O2S.C2H2/c1-4-22(31-3)24-25(28-23(29)12-8-11-18-9-6-5-7-10-18)26-17-21(27-24)19-13-15-20(30-2)16-14-19;1-2/h4-7,9-10,13-17H,8,11-12H2,1-3H3,(H,26,28,29);1-2H/b22-4-;. The minimum atomic E-state index is -0.0553. The molecule has 6 heteroatoms. The maximum atomic E-state index is 12.6. The Hall–Kier alpha value is -3.56. The van der Waals surface area contributed by atoms with Gasteiger partial charge in [0.25, 0.3) is 0 Å². The molecule has 33 heavy (non-hydrogen) atoms. The van der Waals surface area contributed by atoms with E-state index in [1.54, 1.807) is 25.1 Å². The average molecular weight is 460 g/mol. The highest BCUT2D eigenvalue weighted by Crippen LogP contribution is 2.31. The molecule has 0 aliphatic carbocycles. The molecule has 170 valence electrons. The first kappa shape index (κ1) is 25.7. The predicted molar refractivity (Wildman–Crippen MR) is 139 cm³/mol. The third-order valence-corrected chi connectivity index (χ3v) is 5.71. The minimum absolute atomic E-state index is 0.0553. The first-order valence-corrected chi connectivity index (χ1v) is 11.8. The first-order valence-electron chi connectivity index (χ1n) is 10.5. The van der Waals surface area contributed by atoms with Gasteiger partial charge in [-0.2, -0.15) is 0 Å². The summed E-state index contributed by atoms with van der Waals surface area (Å²) < 4.78 is 5.23. The number of amides is 1. The summed E-state index contributed by atoms with van der Waals surface area (Å²) in [5, 5.41) is 2.96. The van der Waals surface area contributed by atoms with Crippen LogP contribution in [0.25, 0.3) is 16.2 Å². The molecular weight excluding hydrogens is 430 g/mol. The fraction of sp³-hybridized carbons (Fsp3) is 0.222. The lowest BCUT2D eigenvalue weighted by atomic mass is 10.1. The van der Waals surface area contributed by atoms with Crippen LogP contribution in [0.3, 0.4) is 0 Å². The molecule has 0 aliphatic rings. The second-order valence-electron chi connectivity index (χ2n) is 6.93. The number of anilines is 1. The Labute approximate surface area is 200 Å². The van der Waals surface area contributed by atoms with Crippen LogP contribution in [-0.2, 0) is 11.2 Å². The SMILES string of the molecule is C#C.C/C=C(\SC)c1nc(-c2ccc(OC)cc2)cnc1NC(=O)CCCc1ccccc1. The summed E-state index contributed by atoms with van der Waals surface area (Å²) in [5.41, 5.74) is 3.60. The lowest BCUT2D eigenvalue weighted by Crippen LogP contribution is -2.15. The van der Waals surface area contributed by atoms with Gasteiger partial charge in [-0.15, -0.1) is 24.6 Å². The van der Waals surface area contributed by atoms with Crippen molar-refractivity contribution >= 4 is 28.4 Å². The van der Waals surface area contributed by atoms with Crippen molar-refractivity contribution in [1.82, 2.24) is 9.97 Å². The van der Waals surface area contributed by atoms with Crippen LogP contribution in [0.4, 0.5) is 5.82 Å². The number of methoxy groups -OCH3 is 1. The normalized spacial score (nSPS) is 10.6. The maximum absolute atomic E-state index is 12.6. The van der Waals surface area contributed by atoms with E-state index in [9.17, 15) is 4.79 Å². The van der Waals surface area contributed by atoms with Crippen molar-refractivity contribution in [3.63, 3.8) is 0 Å². The van der Waals surface area contributed by atoms with E-state index in [-0.39, 0.29) is 5.91 Å². The number of benzene rings is 2. The summed E-state index contributed by atoms with van der Waals surface area (Å²) in [7, 11) is 1.64. The molecule has 0 saturated heterocycles. The Morgan fingerprint density at radius 1 is 1.12 bits per heavy atom. The van der Waals surface area contributed by atoms with Crippen molar-refractivity contribution in [2.45, 2.75) is 26.2 Å². The second-order valence-corrected chi connectivity index (χ2v) is 7.77. The van der Waals surface area contributed by atoms with E-state index in [4.69, 9.17) is 9.72 Å². The summed E-state index contributed by atoms with van der Waals surface area (Å²) >= 11 is 1.58. The number of nitrogens with zero attached hydrogens (tertiary/aromatic N) is 2. The summed E-state index contributed by atoms with van der Waals surface area (Å²) in [4.78, 5) is 22.9. The van der Waals surface area contributed by atoms with Crippen molar-refractivity contribution in [2.75, 3.05) is 18.7 Å². The van der Waals surface area contributed by atoms with E-state index in [0.29, 0.717) is 17.9 Å². The fourth-order valence-corrected chi connectivity index (χ4v) is 3.77. The van der Waals surface area contributed by atoms with E-state index >= 15 is 0 Å². The highest BCUT2D eigenvalue weighted by atomic mass is 32.2. The number of hydrogen-bond donors (Lipinski definition) is 1.